The molecule has 0 saturated heterocycles. The number of rotatable bonds is 3. The molecule has 2 atom stereocenters. The van der Waals surface area contributed by atoms with Crippen LogP contribution in [0.3, 0.4) is 0 Å². The van der Waals surface area contributed by atoms with Crippen LogP contribution in [0.2, 0.25) is 0 Å². The van der Waals surface area contributed by atoms with E-state index in [-0.39, 0.29) is 23.6 Å². The Hall–Kier alpha value is -4.76. The molecule has 0 heterocycles. The molecule has 0 aliphatic heterocycles. The van der Waals surface area contributed by atoms with Crippen molar-refractivity contribution in [3.8, 4) is 6.07 Å². The lowest BCUT2D eigenvalue weighted by Gasteiger charge is -2.31. The van der Waals surface area contributed by atoms with E-state index in [1.165, 1.54) is 13.0 Å². The SMILES string of the molecule is Cc1c(CC2C(=O)c3c(ccc4c3ccc3ccccc34)C(c3ccc(C#N)cc3)C2=O)cccc1C(F)(F)F. The molecule has 6 heteroatoms. The Bertz CT molecular complexity index is 1880. The first-order valence-corrected chi connectivity index (χ1v) is 12.9. The van der Waals surface area contributed by atoms with Crippen molar-refractivity contribution in [3.05, 3.63) is 130 Å². The molecule has 5 aromatic rings. The zero-order valence-electron chi connectivity index (χ0n) is 21.4. The second kappa shape index (κ2) is 9.46. The minimum Gasteiger partial charge on any atom is -0.298 e. The number of Topliss-reactive ketones (excluding diaryl/α,β-unsaturated/α-hetero) is 2. The van der Waals surface area contributed by atoms with Crippen LogP contribution in [0.4, 0.5) is 13.2 Å². The van der Waals surface area contributed by atoms with E-state index in [0.717, 1.165) is 22.2 Å². The van der Waals surface area contributed by atoms with E-state index in [1.807, 2.05) is 48.5 Å². The molecule has 2 unspecified atom stereocenters. The van der Waals surface area contributed by atoms with Crippen LogP contribution in [-0.2, 0) is 17.4 Å². The van der Waals surface area contributed by atoms with E-state index in [2.05, 4.69) is 6.07 Å². The van der Waals surface area contributed by atoms with Gasteiger partial charge in [-0.3, -0.25) is 9.59 Å². The number of hydrogen-bond acceptors (Lipinski definition) is 3. The van der Waals surface area contributed by atoms with Crippen molar-refractivity contribution in [3.63, 3.8) is 0 Å². The summed E-state index contributed by atoms with van der Waals surface area (Å²) in [5.41, 5.74) is 1.61. The van der Waals surface area contributed by atoms with Gasteiger partial charge in [-0.25, -0.2) is 0 Å². The molecule has 5 aromatic carbocycles. The Kier molecular flexibility index (Phi) is 6.03. The van der Waals surface area contributed by atoms with E-state index in [9.17, 15) is 28.0 Å². The van der Waals surface area contributed by atoms with E-state index in [0.29, 0.717) is 33.2 Å². The van der Waals surface area contributed by atoms with Gasteiger partial charge in [0, 0.05) is 5.56 Å². The summed E-state index contributed by atoms with van der Waals surface area (Å²) in [4.78, 5) is 28.3. The van der Waals surface area contributed by atoms with Crippen molar-refractivity contribution >= 4 is 33.1 Å². The number of ketones is 2. The first-order chi connectivity index (χ1) is 19.2. The number of carbonyl (C=O) groups is 2. The van der Waals surface area contributed by atoms with Crippen molar-refractivity contribution in [2.75, 3.05) is 0 Å². The van der Waals surface area contributed by atoms with Crippen LogP contribution < -0.4 is 0 Å². The molecule has 40 heavy (non-hydrogen) atoms. The summed E-state index contributed by atoms with van der Waals surface area (Å²) in [5, 5.41) is 12.8. The number of benzene rings is 5. The van der Waals surface area contributed by atoms with Gasteiger partial charge >= 0.3 is 6.18 Å². The average Bonchev–Trinajstić information content (AvgIpc) is 2.95. The van der Waals surface area contributed by atoms with Crippen LogP contribution in [-0.4, -0.2) is 11.6 Å². The van der Waals surface area contributed by atoms with Gasteiger partial charge in [-0.1, -0.05) is 72.8 Å². The molecule has 0 radical (unpaired) electrons. The third kappa shape index (κ3) is 4.06. The highest BCUT2D eigenvalue weighted by molar-refractivity contribution is 6.25. The molecule has 3 nitrogen and oxygen atoms in total. The maximum Gasteiger partial charge on any atom is 0.416 e. The Balaban J connectivity index is 1.57. The summed E-state index contributed by atoms with van der Waals surface area (Å²) in [5.74, 6) is -2.71. The minimum atomic E-state index is -4.55. The quantitative estimate of drug-likeness (QED) is 0.175. The van der Waals surface area contributed by atoms with Gasteiger partial charge < -0.3 is 0 Å². The van der Waals surface area contributed by atoms with Crippen LogP contribution in [0.25, 0.3) is 21.5 Å². The normalized spacial score (nSPS) is 17.2. The summed E-state index contributed by atoms with van der Waals surface area (Å²) < 4.78 is 40.9. The third-order valence-corrected chi connectivity index (χ3v) is 8.01. The third-order valence-electron chi connectivity index (χ3n) is 8.01. The number of nitriles is 1. The number of carbonyl (C=O) groups excluding carboxylic acids is 2. The molecule has 0 spiro atoms. The fourth-order valence-electron chi connectivity index (χ4n) is 6.00. The highest BCUT2D eigenvalue weighted by Crippen LogP contribution is 2.43. The molecule has 196 valence electrons. The molecule has 0 bridgehead atoms. The first kappa shape index (κ1) is 25.5. The monoisotopic (exact) mass is 533 g/mol. The predicted octanol–water partition coefficient (Wildman–Crippen LogP) is 7.95. The molecular weight excluding hydrogens is 511 g/mol. The molecule has 0 fully saturated rings. The Morgan fingerprint density at radius 2 is 1.52 bits per heavy atom. The van der Waals surface area contributed by atoms with E-state index in [4.69, 9.17) is 0 Å². The fourth-order valence-corrected chi connectivity index (χ4v) is 6.00. The van der Waals surface area contributed by atoms with E-state index >= 15 is 0 Å². The lowest BCUT2D eigenvalue weighted by molar-refractivity contribution is -0.138. The molecule has 0 saturated carbocycles. The van der Waals surface area contributed by atoms with Gasteiger partial charge in [-0.2, -0.15) is 18.4 Å². The van der Waals surface area contributed by atoms with Crippen LogP contribution >= 0.6 is 0 Å². The Labute approximate surface area is 228 Å². The molecular formula is C34H22F3NO2. The summed E-state index contributed by atoms with van der Waals surface area (Å²) in [6.07, 6.45) is -4.68. The minimum absolute atomic E-state index is 0.0141. The highest BCUT2D eigenvalue weighted by Gasteiger charge is 2.43. The Morgan fingerprint density at radius 3 is 2.25 bits per heavy atom. The largest absolute Gasteiger partial charge is 0.416 e. The van der Waals surface area contributed by atoms with Crippen LogP contribution in [0.5, 0.6) is 0 Å². The zero-order chi connectivity index (χ0) is 28.2. The first-order valence-electron chi connectivity index (χ1n) is 12.9. The van der Waals surface area contributed by atoms with Crippen molar-refractivity contribution in [2.45, 2.75) is 25.4 Å². The summed E-state index contributed by atoms with van der Waals surface area (Å²) >= 11 is 0. The number of nitrogens with zero attached hydrogens (tertiary/aromatic N) is 1. The maximum absolute atomic E-state index is 14.2. The standard InChI is InChI=1S/C34H22F3NO2/c1-19-23(6-4-8-29(19)34(35,36)37)17-28-32(39)30(22-11-9-20(18-38)10-12-22)27-16-15-25-24-7-3-2-5-21(24)13-14-26(25)31(27)33(28)40/h2-16,28,30H,17H2,1H3. The summed E-state index contributed by atoms with van der Waals surface area (Å²) in [7, 11) is 0. The zero-order valence-corrected chi connectivity index (χ0v) is 21.4. The smallest absolute Gasteiger partial charge is 0.298 e. The van der Waals surface area contributed by atoms with Crippen LogP contribution in [0.15, 0.2) is 91.0 Å². The average molecular weight is 534 g/mol. The molecule has 0 aromatic heterocycles. The maximum atomic E-state index is 14.2. The number of hydrogen-bond donors (Lipinski definition) is 0. The predicted molar refractivity (Wildman–Crippen MR) is 147 cm³/mol. The lowest BCUT2D eigenvalue weighted by atomic mass is 9.69. The summed E-state index contributed by atoms with van der Waals surface area (Å²) in [6, 6.07) is 28.0. The van der Waals surface area contributed by atoms with Crippen LogP contribution in [0.1, 0.15) is 49.7 Å². The van der Waals surface area contributed by atoms with Crippen molar-refractivity contribution in [1.82, 2.24) is 0 Å². The molecule has 1 aliphatic carbocycles. The number of alkyl halides is 3. The van der Waals surface area contributed by atoms with Gasteiger partial charge in [-0.05, 0) is 75.3 Å². The van der Waals surface area contributed by atoms with Gasteiger partial charge in [0.1, 0.15) is 0 Å². The van der Waals surface area contributed by atoms with Crippen molar-refractivity contribution in [2.24, 2.45) is 5.92 Å². The highest BCUT2D eigenvalue weighted by atomic mass is 19.4. The van der Waals surface area contributed by atoms with Crippen molar-refractivity contribution < 1.29 is 22.8 Å². The van der Waals surface area contributed by atoms with Crippen molar-refractivity contribution in [1.29, 1.82) is 5.26 Å². The summed E-state index contributed by atoms with van der Waals surface area (Å²) in [6.45, 7) is 1.38. The van der Waals surface area contributed by atoms with Gasteiger partial charge in [0.05, 0.1) is 29.0 Å². The number of halogens is 3. The van der Waals surface area contributed by atoms with Crippen LogP contribution in [0, 0.1) is 24.2 Å². The van der Waals surface area contributed by atoms with Gasteiger partial charge in [0.25, 0.3) is 0 Å². The van der Waals surface area contributed by atoms with Gasteiger partial charge in [0.2, 0.25) is 0 Å². The van der Waals surface area contributed by atoms with E-state index in [1.54, 1.807) is 30.3 Å². The van der Waals surface area contributed by atoms with E-state index < -0.39 is 23.6 Å². The molecule has 0 N–H and O–H groups in total. The lowest BCUT2D eigenvalue weighted by Crippen LogP contribution is -2.37. The van der Waals surface area contributed by atoms with Gasteiger partial charge in [0.15, 0.2) is 11.6 Å². The molecule has 0 amide bonds. The molecule has 6 rings (SSSR count). The number of fused-ring (bicyclic) bond motifs is 5. The fraction of sp³-hybridized carbons (Fsp3) is 0.147. The van der Waals surface area contributed by atoms with Gasteiger partial charge in [-0.15, -0.1) is 0 Å². The second-order valence-corrected chi connectivity index (χ2v) is 10.2. The topological polar surface area (TPSA) is 57.9 Å². The molecule has 1 aliphatic rings. The Morgan fingerprint density at radius 1 is 0.800 bits per heavy atom. The second-order valence-electron chi connectivity index (χ2n) is 10.2.